The van der Waals surface area contributed by atoms with E-state index in [1.807, 2.05) is 61.5 Å². The Kier molecular flexibility index (Phi) is 7.13. The molecule has 2 aromatic heterocycles. The summed E-state index contributed by atoms with van der Waals surface area (Å²) in [4.78, 5) is 19.8. The molecule has 0 saturated carbocycles. The van der Waals surface area contributed by atoms with Gasteiger partial charge < -0.3 is 25.1 Å². The van der Waals surface area contributed by atoms with E-state index in [0.29, 0.717) is 30.2 Å². The Labute approximate surface area is 219 Å². The van der Waals surface area contributed by atoms with E-state index < -0.39 is 12.0 Å². The van der Waals surface area contributed by atoms with Gasteiger partial charge in [0.2, 0.25) is 5.95 Å². The van der Waals surface area contributed by atoms with Gasteiger partial charge in [-0.25, -0.2) is 14.2 Å². The molecule has 2 heterocycles. The third kappa shape index (κ3) is 5.54. The molecule has 5 rings (SSSR count). The summed E-state index contributed by atoms with van der Waals surface area (Å²) >= 11 is 0. The van der Waals surface area contributed by atoms with Crippen LogP contribution in [0.15, 0.2) is 77.4 Å². The summed E-state index contributed by atoms with van der Waals surface area (Å²) < 4.78 is 19.5. The molecule has 1 atom stereocenters. The minimum Gasteiger partial charge on any atom is -0.480 e. The van der Waals surface area contributed by atoms with Crippen molar-refractivity contribution in [3.8, 4) is 11.1 Å². The molecule has 0 amide bonds. The highest BCUT2D eigenvalue weighted by atomic mass is 19.1. The maximum atomic E-state index is 13.8. The molecule has 38 heavy (non-hydrogen) atoms. The number of benzene rings is 3. The van der Waals surface area contributed by atoms with Crippen LogP contribution in [0.1, 0.15) is 29.4 Å². The van der Waals surface area contributed by atoms with E-state index >= 15 is 0 Å². The van der Waals surface area contributed by atoms with E-state index in [1.54, 1.807) is 13.2 Å². The fourth-order valence-electron chi connectivity index (χ4n) is 4.57. The second-order valence-electron chi connectivity index (χ2n) is 9.30. The molecule has 0 aliphatic rings. The topological polar surface area (TPSA) is 103 Å². The number of aryl methyl sites for hydroxylation is 2. The van der Waals surface area contributed by atoms with Crippen molar-refractivity contribution in [2.75, 3.05) is 10.6 Å². The average molecular weight is 513 g/mol. The normalized spacial score (nSPS) is 12.0. The summed E-state index contributed by atoms with van der Waals surface area (Å²) in [5.41, 5.74) is 6.77. The molecule has 194 valence electrons. The molecule has 0 saturated heterocycles. The lowest BCUT2D eigenvalue weighted by Gasteiger charge is -2.20. The number of halogens is 1. The Morgan fingerprint density at radius 1 is 1.11 bits per heavy atom. The fourth-order valence-corrected chi connectivity index (χ4v) is 4.57. The van der Waals surface area contributed by atoms with Crippen LogP contribution in [-0.2, 0) is 24.2 Å². The molecule has 7 nitrogen and oxygen atoms in total. The summed E-state index contributed by atoms with van der Waals surface area (Å²) in [6, 6.07) is 19.6. The first kappa shape index (κ1) is 25.1. The van der Waals surface area contributed by atoms with E-state index in [4.69, 9.17) is 4.42 Å². The molecule has 0 aliphatic carbocycles. The lowest BCUT2D eigenvalue weighted by molar-refractivity contribution is -0.137. The summed E-state index contributed by atoms with van der Waals surface area (Å²) in [5.74, 6) is 0.161. The number of anilines is 2. The van der Waals surface area contributed by atoms with E-state index in [1.165, 1.54) is 12.1 Å². The highest BCUT2D eigenvalue weighted by Crippen LogP contribution is 2.26. The molecule has 8 heteroatoms. The van der Waals surface area contributed by atoms with Gasteiger partial charge in [-0.05, 0) is 65.9 Å². The zero-order valence-electron chi connectivity index (χ0n) is 21.2. The number of nitrogens with zero attached hydrogens (tertiary/aromatic N) is 1. The number of carbonyl (C=O) groups is 1. The SMILES string of the molecule is CCc1cc(F)cc(C)c1NC(Cc1ccc(-c2coc(CNc3nc4ccccc4[nH]3)c2)cc1)C(=O)O. The van der Waals surface area contributed by atoms with Crippen LogP contribution in [0, 0.1) is 12.7 Å². The maximum absolute atomic E-state index is 13.8. The number of hydrogen-bond acceptors (Lipinski definition) is 5. The monoisotopic (exact) mass is 512 g/mol. The molecule has 5 aromatic rings. The van der Waals surface area contributed by atoms with Gasteiger partial charge in [-0.2, -0.15) is 0 Å². The number of furan rings is 1. The standard InChI is InChI=1S/C30H29FN4O3/c1-3-20-14-23(31)12-18(2)28(20)33-27(29(36)37)13-19-8-10-21(11-9-19)22-15-24(38-17-22)16-32-30-34-25-6-4-5-7-26(25)35-30/h4-12,14-15,17,27,33H,3,13,16H2,1-2H3,(H,36,37)(H2,32,34,35). The van der Waals surface area contributed by atoms with Crippen molar-refractivity contribution < 1.29 is 18.7 Å². The third-order valence-corrected chi connectivity index (χ3v) is 6.58. The van der Waals surface area contributed by atoms with Gasteiger partial charge in [-0.3, -0.25) is 0 Å². The van der Waals surface area contributed by atoms with Gasteiger partial charge in [0.1, 0.15) is 17.6 Å². The number of para-hydroxylation sites is 2. The van der Waals surface area contributed by atoms with Gasteiger partial charge >= 0.3 is 5.97 Å². The van der Waals surface area contributed by atoms with Gasteiger partial charge in [0.25, 0.3) is 0 Å². The quantitative estimate of drug-likeness (QED) is 0.169. The number of fused-ring (bicyclic) bond motifs is 1. The first-order chi connectivity index (χ1) is 18.4. The average Bonchev–Trinajstić information content (AvgIpc) is 3.55. The zero-order valence-corrected chi connectivity index (χ0v) is 21.2. The van der Waals surface area contributed by atoms with Crippen LogP contribution in [0.2, 0.25) is 0 Å². The number of aromatic nitrogens is 2. The molecule has 4 N–H and O–H groups in total. The second-order valence-corrected chi connectivity index (χ2v) is 9.30. The van der Waals surface area contributed by atoms with Crippen LogP contribution in [0.25, 0.3) is 22.2 Å². The van der Waals surface area contributed by atoms with Gasteiger partial charge in [0, 0.05) is 17.7 Å². The molecule has 1 unspecified atom stereocenters. The van der Waals surface area contributed by atoms with Crippen LogP contribution in [-0.4, -0.2) is 27.1 Å². The lowest BCUT2D eigenvalue weighted by atomic mass is 10.00. The summed E-state index contributed by atoms with van der Waals surface area (Å²) in [7, 11) is 0. The highest BCUT2D eigenvalue weighted by Gasteiger charge is 2.20. The lowest BCUT2D eigenvalue weighted by Crippen LogP contribution is -2.32. The van der Waals surface area contributed by atoms with Crippen molar-refractivity contribution in [1.82, 2.24) is 9.97 Å². The summed E-state index contributed by atoms with van der Waals surface area (Å²) in [6.45, 7) is 4.18. The Bertz CT molecular complexity index is 1540. The maximum Gasteiger partial charge on any atom is 0.326 e. The molecule has 3 aromatic carbocycles. The Hall–Kier alpha value is -4.59. The Morgan fingerprint density at radius 2 is 1.89 bits per heavy atom. The number of carboxylic acids is 1. The molecule has 0 aliphatic heterocycles. The van der Waals surface area contributed by atoms with E-state index in [0.717, 1.165) is 39.0 Å². The molecular weight excluding hydrogens is 483 g/mol. The van der Waals surface area contributed by atoms with Gasteiger partial charge in [-0.15, -0.1) is 0 Å². The smallest absolute Gasteiger partial charge is 0.326 e. The number of rotatable bonds is 10. The zero-order chi connectivity index (χ0) is 26.6. The largest absolute Gasteiger partial charge is 0.480 e. The van der Waals surface area contributed by atoms with E-state index in [2.05, 4.69) is 20.6 Å². The predicted octanol–water partition coefficient (Wildman–Crippen LogP) is 6.55. The van der Waals surface area contributed by atoms with Crippen LogP contribution in [0.5, 0.6) is 0 Å². The van der Waals surface area contributed by atoms with Crippen LogP contribution >= 0.6 is 0 Å². The minimum atomic E-state index is -0.962. The Morgan fingerprint density at radius 3 is 2.63 bits per heavy atom. The van der Waals surface area contributed by atoms with Crippen molar-refractivity contribution in [2.45, 2.75) is 39.3 Å². The van der Waals surface area contributed by atoms with Crippen molar-refractivity contribution >= 4 is 28.6 Å². The molecule has 0 fully saturated rings. The molecule has 0 spiro atoms. The number of H-pyrrole nitrogens is 1. The first-order valence-corrected chi connectivity index (χ1v) is 12.5. The number of hydrogen-bond donors (Lipinski definition) is 4. The van der Waals surface area contributed by atoms with E-state index in [-0.39, 0.29) is 12.2 Å². The van der Waals surface area contributed by atoms with Crippen molar-refractivity contribution in [3.63, 3.8) is 0 Å². The Balaban J connectivity index is 1.24. The first-order valence-electron chi connectivity index (χ1n) is 12.5. The molecule has 0 bridgehead atoms. The number of imidazole rings is 1. The van der Waals surface area contributed by atoms with Crippen LogP contribution in [0.3, 0.4) is 0 Å². The van der Waals surface area contributed by atoms with Crippen LogP contribution < -0.4 is 10.6 Å². The molecular formula is C30H29FN4O3. The van der Waals surface area contributed by atoms with Gasteiger partial charge in [0.05, 0.1) is 23.8 Å². The number of aromatic amines is 1. The van der Waals surface area contributed by atoms with Gasteiger partial charge in [0.15, 0.2) is 0 Å². The van der Waals surface area contributed by atoms with Crippen molar-refractivity contribution in [2.24, 2.45) is 0 Å². The number of nitrogens with one attached hydrogen (secondary N) is 3. The van der Waals surface area contributed by atoms with Crippen LogP contribution in [0.4, 0.5) is 16.0 Å². The second kappa shape index (κ2) is 10.8. The number of aliphatic carboxylic acids is 1. The summed E-state index contributed by atoms with van der Waals surface area (Å²) in [5, 5.41) is 16.2. The highest BCUT2D eigenvalue weighted by molar-refractivity contribution is 5.79. The van der Waals surface area contributed by atoms with E-state index in [9.17, 15) is 14.3 Å². The predicted molar refractivity (Wildman–Crippen MR) is 147 cm³/mol. The van der Waals surface area contributed by atoms with Crippen molar-refractivity contribution in [3.05, 3.63) is 101 Å². The fraction of sp³-hybridized carbons (Fsp3) is 0.200. The van der Waals surface area contributed by atoms with Crippen molar-refractivity contribution in [1.29, 1.82) is 0 Å². The van der Waals surface area contributed by atoms with Gasteiger partial charge in [-0.1, -0.05) is 43.3 Å². The molecule has 0 radical (unpaired) electrons. The third-order valence-electron chi connectivity index (χ3n) is 6.58. The number of carboxylic acid groups (broad SMARTS) is 1. The summed E-state index contributed by atoms with van der Waals surface area (Å²) in [6.07, 6.45) is 2.59. The minimum absolute atomic E-state index is 0.285.